The third-order valence-electron chi connectivity index (χ3n) is 3.50. The summed E-state index contributed by atoms with van der Waals surface area (Å²) < 4.78 is 0. The van der Waals surface area contributed by atoms with Crippen LogP contribution in [0.3, 0.4) is 0 Å². The summed E-state index contributed by atoms with van der Waals surface area (Å²) >= 11 is 1.19. The molecule has 1 aliphatic rings. The fraction of sp³-hybridized carbons (Fsp3) is 0.111. The number of rotatable bonds is 4. The first-order valence-corrected chi connectivity index (χ1v) is 7.81. The maximum Gasteiger partial charge on any atom is 0.238 e. The lowest BCUT2D eigenvalue weighted by Crippen LogP contribution is -2.29. The predicted molar refractivity (Wildman–Crippen MR) is 95.0 cm³/mol. The Hall–Kier alpha value is -2.86. The summed E-state index contributed by atoms with van der Waals surface area (Å²) in [7, 11) is 0. The molecule has 1 aromatic rings. The minimum Gasteiger partial charge on any atom is -0.504 e. The van der Waals surface area contributed by atoms with Crippen molar-refractivity contribution in [3.8, 4) is 0 Å². The molecule has 0 unspecified atom stereocenters. The number of aliphatic hydroxyl groups excluding tert-OH is 1. The van der Waals surface area contributed by atoms with Crippen LogP contribution in [0.1, 0.15) is 23.6 Å². The van der Waals surface area contributed by atoms with Crippen LogP contribution >= 0.6 is 11.3 Å². The number of Topliss-reactive ketones (excluding diaryl/α,β-unsaturated/α-hetero) is 3. The molecular formula is C18H15NO4S. The van der Waals surface area contributed by atoms with Gasteiger partial charge in [0.05, 0.1) is 11.1 Å². The van der Waals surface area contributed by atoms with Crippen LogP contribution in [0.5, 0.6) is 0 Å². The van der Waals surface area contributed by atoms with E-state index in [2.05, 4.69) is 18.3 Å². The minimum absolute atomic E-state index is 0.272. The molecule has 0 aliphatic heterocycles. The molecule has 6 heteroatoms. The Balaban J connectivity index is 2.53. The van der Waals surface area contributed by atoms with Gasteiger partial charge in [-0.3, -0.25) is 19.4 Å². The Morgan fingerprint density at radius 2 is 1.88 bits per heavy atom. The highest BCUT2D eigenvalue weighted by molar-refractivity contribution is 7.15. The Morgan fingerprint density at radius 1 is 1.21 bits per heavy atom. The maximum absolute atomic E-state index is 12.1. The number of hydrogen-bond donors (Lipinski definition) is 1. The molecule has 0 radical (unpaired) electrons. The molecule has 1 aliphatic carbocycles. The number of aliphatic imine (C=N–C) groups is 1. The van der Waals surface area contributed by atoms with Gasteiger partial charge in [0.25, 0.3) is 0 Å². The number of carbonyl (C=O) groups excluding carboxylic acids is 3. The summed E-state index contributed by atoms with van der Waals surface area (Å²) in [4.78, 5) is 40.7. The summed E-state index contributed by atoms with van der Waals surface area (Å²) in [6.07, 6.45) is 3.68. The number of carbonyl (C=O) groups is 3. The van der Waals surface area contributed by atoms with E-state index in [1.165, 1.54) is 11.3 Å². The van der Waals surface area contributed by atoms with Crippen LogP contribution in [0.2, 0.25) is 0 Å². The summed E-state index contributed by atoms with van der Waals surface area (Å²) in [5, 5.41) is 9.99. The van der Waals surface area contributed by atoms with E-state index >= 15 is 0 Å². The van der Waals surface area contributed by atoms with Crippen LogP contribution in [0.15, 0.2) is 52.9 Å². The smallest absolute Gasteiger partial charge is 0.238 e. The second kappa shape index (κ2) is 6.72. The van der Waals surface area contributed by atoms with Gasteiger partial charge in [-0.25, -0.2) is 0 Å². The predicted octanol–water partition coefficient (Wildman–Crippen LogP) is 3.30. The zero-order valence-corrected chi connectivity index (χ0v) is 14.1. The minimum atomic E-state index is -0.986. The van der Waals surface area contributed by atoms with E-state index in [-0.39, 0.29) is 5.57 Å². The Morgan fingerprint density at radius 3 is 2.46 bits per heavy atom. The van der Waals surface area contributed by atoms with Crippen LogP contribution in [-0.2, 0) is 14.4 Å². The first kappa shape index (κ1) is 17.5. The molecule has 1 N–H and O–H groups in total. The average Bonchev–Trinajstić information content (AvgIpc) is 3.05. The number of aliphatic hydroxyl groups is 1. The topological polar surface area (TPSA) is 83.8 Å². The van der Waals surface area contributed by atoms with Gasteiger partial charge < -0.3 is 5.11 Å². The molecule has 1 heterocycles. The maximum atomic E-state index is 12.1. The third-order valence-corrected chi connectivity index (χ3v) is 4.65. The van der Waals surface area contributed by atoms with Crippen molar-refractivity contribution < 1.29 is 19.5 Å². The molecule has 122 valence electrons. The molecule has 0 amide bonds. The van der Waals surface area contributed by atoms with Gasteiger partial charge >= 0.3 is 0 Å². The van der Waals surface area contributed by atoms with Gasteiger partial charge in [0.15, 0.2) is 5.76 Å². The summed E-state index contributed by atoms with van der Waals surface area (Å²) in [5.41, 5.74) is 0.784. The van der Waals surface area contributed by atoms with Crippen molar-refractivity contribution in [2.24, 2.45) is 4.99 Å². The molecular weight excluding hydrogens is 326 g/mol. The quantitative estimate of drug-likeness (QED) is 0.299. The van der Waals surface area contributed by atoms with E-state index in [4.69, 9.17) is 0 Å². The number of hydrogen-bond acceptors (Lipinski definition) is 6. The standard InChI is InChI=1S/C18H15NO4S/c1-5-11(8-9(2)19-4)12-6-7-13(24-12)14-17(22)15(20)10(3)16(21)18(14)23/h5-8,22H,3-4H2,1-2H3/b9-8-,11-5+. The Labute approximate surface area is 143 Å². The number of ketones is 3. The second-order valence-electron chi connectivity index (χ2n) is 5.04. The fourth-order valence-electron chi connectivity index (χ4n) is 2.14. The zero-order valence-electron chi connectivity index (χ0n) is 13.3. The van der Waals surface area contributed by atoms with Crippen molar-refractivity contribution in [1.82, 2.24) is 0 Å². The van der Waals surface area contributed by atoms with Crippen LogP contribution in [-0.4, -0.2) is 29.2 Å². The van der Waals surface area contributed by atoms with Crippen LogP contribution < -0.4 is 0 Å². The molecule has 0 atom stereocenters. The van der Waals surface area contributed by atoms with Crippen LogP contribution in [0, 0.1) is 0 Å². The van der Waals surface area contributed by atoms with Crippen molar-refractivity contribution in [1.29, 1.82) is 0 Å². The van der Waals surface area contributed by atoms with Crippen molar-refractivity contribution in [3.05, 3.63) is 57.6 Å². The monoisotopic (exact) mass is 341 g/mol. The largest absolute Gasteiger partial charge is 0.504 e. The van der Waals surface area contributed by atoms with Gasteiger partial charge in [-0.05, 0) is 44.3 Å². The van der Waals surface area contributed by atoms with E-state index in [0.717, 1.165) is 16.1 Å². The van der Waals surface area contributed by atoms with Gasteiger partial charge in [-0.15, -0.1) is 11.3 Å². The SMILES string of the molecule is C=N/C(C)=C\C(=C/C)c1ccc(C2=C(O)C(=O)C(=C)C(=O)C2=O)s1. The van der Waals surface area contributed by atoms with Gasteiger partial charge in [-0.2, -0.15) is 0 Å². The molecule has 0 saturated carbocycles. The lowest BCUT2D eigenvalue weighted by molar-refractivity contribution is -0.133. The first-order valence-electron chi connectivity index (χ1n) is 6.99. The first-order chi connectivity index (χ1) is 11.3. The van der Waals surface area contributed by atoms with E-state index in [1.54, 1.807) is 19.1 Å². The van der Waals surface area contributed by atoms with E-state index in [1.807, 2.05) is 19.1 Å². The number of thiophene rings is 1. The van der Waals surface area contributed by atoms with Crippen molar-refractivity contribution >= 4 is 46.6 Å². The van der Waals surface area contributed by atoms with Crippen molar-refractivity contribution in [2.45, 2.75) is 13.8 Å². The molecule has 5 nitrogen and oxygen atoms in total. The highest BCUT2D eigenvalue weighted by atomic mass is 32.1. The van der Waals surface area contributed by atoms with E-state index < -0.39 is 28.7 Å². The number of nitrogens with zero attached hydrogens (tertiary/aromatic N) is 1. The molecule has 0 spiro atoms. The third kappa shape index (κ3) is 2.96. The van der Waals surface area contributed by atoms with E-state index in [0.29, 0.717) is 4.88 Å². The summed E-state index contributed by atoms with van der Waals surface area (Å²) in [5.74, 6) is -3.56. The highest BCUT2D eigenvalue weighted by Gasteiger charge is 2.38. The molecule has 24 heavy (non-hydrogen) atoms. The van der Waals surface area contributed by atoms with Crippen molar-refractivity contribution in [2.75, 3.05) is 0 Å². The van der Waals surface area contributed by atoms with Crippen molar-refractivity contribution in [3.63, 3.8) is 0 Å². The van der Waals surface area contributed by atoms with Gasteiger partial charge in [0.1, 0.15) is 0 Å². The molecule has 0 saturated heterocycles. The second-order valence-corrected chi connectivity index (χ2v) is 6.13. The van der Waals surface area contributed by atoms with E-state index in [9.17, 15) is 19.5 Å². The van der Waals surface area contributed by atoms with Gasteiger partial charge in [0.2, 0.25) is 17.3 Å². The molecule has 0 fully saturated rings. The Kier molecular flexibility index (Phi) is 4.90. The van der Waals surface area contributed by atoms with Crippen LogP contribution in [0.25, 0.3) is 11.1 Å². The summed E-state index contributed by atoms with van der Waals surface area (Å²) in [6.45, 7) is 10.4. The van der Waals surface area contributed by atoms with Gasteiger partial charge in [-0.1, -0.05) is 12.7 Å². The van der Waals surface area contributed by atoms with Gasteiger partial charge in [0, 0.05) is 15.5 Å². The zero-order chi connectivity index (χ0) is 18.0. The molecule has 0 aromatic carbocycles. The fourth-order valence-corrected chi connectivity index (χ4v) is 3.24. The Bertz CT molecular complexity index is 881. The average molecular weight is 341 g/mol. The summed E-state index contributed by atoms with van der Waals surface area (Å²) in [6, 6.07) is 3.33. The highest BCUT2D eigenvalue weighted by Crippen LogP contribution is 2.34. The normalized spacial score (nSPS) is 16.9. The lowest BCUT2D eigenvalue weighted by atomic mass is 9.90. The number of allylic oxidation sites excluding steroid dienone is 6. The molecule has 1 aromatic heterocycles. The van der Waals surface area contributed by atoms with Crippen LogP contribution in [0.4, 0.5) is 0 Å². The molecule has 2 rings (SSSR count). The molecule has 0 bridgehead atoms. The lowest BCUT2D eigenvalue weighted by Gasteiger charge is -2.13.